The summed E-state index contributed by atoms with van der Waals surface area (Å²) in [6.45, 7) is 0.359. The lowest BCUT2D eigenvalue weighted by molar-refractivity contribution is -0.119. The highest BCUT2D eigenvalue weighted by atomic mass is 16.5. The van der Waals surface area contributed by atoms with Gasteiger partial charge in [-0.25, -0.2) is 0 Å². The van der Waals surface area contributed by atoms with Crippen molar-refractivity contribution in [3.63, 3.8) is 0 Å². The number of ether oxygens (including phenoxy) is 1. The van der Waals surface area contributed by atoms with E-state index >= 15 is 0 Å². The number of methoxy groups -OCH3 is 1. The van der Waals surface area contributed by atoms with Gasteiger partial charge in [0.1, 0.15) is 12.0 Å². The number of ketones is 2. The Bertz CT molecular complexity index is 300. The third-order valence-corrected chi connectivity index (χ3v) is 1.79. The van der Waals surface area contributed by atoms with Crippen molar-refractivity contribution in [2.24, 2.45) is 0 Å². The monoisotopic (exact) mass is 196 g/mol. The van der Waals surface area contributed by atoms with Crippen LogP contribution in [-0.4, -0.2) is 25.3 Å². The largest absolute Gasteiger partial charge is 0.472 e. The number of carbonyl (C=O) groups excluding carboxylic acids is 2. The van der Waals surface area contributed by atoms with Gasteiger partial charge in [-0.15, -0.1) is 0 Å². The maximum atomic E-state index is 11.4. The van der Waals surface area contributed by atoms with E-state index in [4.69, 9.17) is 9.15 Å². The number of hydrogen-bond donors (Lipinski definition) is 0. The summed E-state index contributed by atoms with van der Waals surface area (Å²) in [6, 6.07) is 1.55. The van der Waals surface area contributed by atoms with Gasteiger partial charge < -0.3 is 9.15 Å². The van der Waals surface area contributed by atoms with Crippen molar-refractivity contribution in [3.8, 4) is 0 Å². The molecule has 0 aromatic carbocycles. The Hall–Kier alpha value is -1.42. The average Bonchev–Trinajstić information content (AvgIpc) is 2.67. The minimum atomic E-state index is -0.208. The molecule has 0 radical (unpaired) electrons. The zero-order valence-electron chi connectivity index (χ0n) is 7.99. The van der Waals surface area contributed by atoms with Crippen molar-refractivity contribution in [2.75, 3.05) is 13.7 Å². The van der Waals surface area contributed by atoms with E-state index in [0.29, 0.717) is 12.2 Å². The molecule has 0 atom stereocenters. The summed E-state index contributed by atoms with van der Waals surface area (Å²) in [4.78, 5) is 22.5. The highest BCUT2D eigenvalue weighted by Crippen LogP contribution is 2.05. The molecule has 76 valence electrons. The molecule has 0 saturated carbocycles. The molecule has 1 aromatic rings. The van der Waals surface area contributed by atoms with E-state index in [0.717, 1.165) is 0 Å². The van der Waals surface area contributed by atoms with Gasteiger partial charge in [-0.1, -0.05) is 0 Å². The van der Waals surface area contributed by atoms with Crippen LogP contribution in [-0.2, 0) is 9.53 Å². The van der Waals surface area contributed by atoms with Crippen molar-refractivity contribution in [3.05, 3.63) is 24.2 Å². The van der Waals surface area contributed by atoms with Crippen LogP contribution in [0.5, 0.6) is 0 Å². The van der Waals surface area contributed by atoms with Crippen LogP contribution in [0, 0.1) is 0 Å². The summed E-state index contributed by atoms with van der Waals surface area (Å²) < 4.78 is 9.48. The predicted octanol–water partition coefficient (Wildman–Crippen LogP) is 1.46. The highest BCUT2D eigenvalue weighted by Gasteiger charge is 2.12. The molecule has 1 aromatic heterocycles. The van der Waals surface area contributed by atoms with Gasteiger partial charge in [-0.2, -0.15) is 0 Å². The maximum Gasteiger partial charge on any atom is 0.173 e. The summed E-state index contributed by atoms with van der Waals surface area (Å²) in [6.07, 6.45) is 2.95. The van der Waals surface area contributed by atoms with Gasteiger partial charge in [-0.05, 0) is 6.07 Å². The van der Waals surface area contributed by atoms with E-state index in [1.807, 2.05) is 0 Å². The Morgan fingerprint density at radius 3 is 2.86 bits per heavy atom. The molecule has 0 bridgehead atoms. The zero-order valence-corrected chi connectivity index (χ0v) is 7.99. The van der Waals surface area contributed by atoms with Gasteiger partial charge in [0.15, 0.2) is 5.78 Å². The number of Topliss-reactive ketones (excluding diaryl/α,β-unsaturated/α-hetero) is 2. The third-order valence-electron chi connectivity index (χ3n) is 1.79. The van der Waals surface area contributed by atoms with E-state index in [2.05, 4.69) is 0 Å². The van der Waals surface area contributed by atoms with Crippen molar-refractivity contribution in [1.29, 1.82) is 0 Å². The molecule has 0 spiro atoms. The lowest BCUT2D eigenvalue weighted by Gasteiger charge is -1.97. The second-order valence-corrected chi connectivity index (χ2v) is 2.89. The molecule has 0 saturated heterocycles. The van der Waals surface area contributed by atoms with Crippen LogP contribution in [0.3, 0.4) is 0 Å². The van der Waals surface area contributed by atoms with Crippen LogP contribution in [0.25, 0.3) is 0 Å². The van der Waals surface area contributed by atoms with Gasteiger partial charge >= 0.3 is 0 Å². The first-order chi connectivity index (χ1) is 6.74. The molecule has 1 rings (SSSR count). The minimum absolute atomic E-state index is 0.0805. The van der Waals surface area contributed by atoms with Crippen molar-refractivity contribution in [1.82, 2.24) is 0 Å². The van der Waals surface area contributed by atoms with Gasteiger partial charge in [0.2, 0.25) is 0 Å². The van der Waals surface area contributed by atoms with Crippen LogP contribution >= 0.6 is 0 Å². The molecule has 0 aliphatic carbocycles. The Balaban J connectivity index is 2.38. The zero-order chi connectivity index (χ0) is 10.4. The minimum Gasteiger partial charge on any atom is -0.472 e. The van der Waals surface area contributed by atoms with Crippen LogP contribution in [0.2, 0.25) is 0 Å². The van der Waals surface area contributed by atoms with Crippen LogP contribution in [0.4, 0.5) is 0 Å². The van der Waals surface area contributed by atoms with E-state index < -0.39 is 0 Å². The SMILES string of the molecule is COCCC(=O)CC(=O)c1ccoc1. The normalized spacial score (nSPS) is 10.1. The molecular weight excluding hydrogens is 184 g/mol. The Kier molecular flexibility index (Phi) is 4.07. The number of rotatable bonds is 6. The Labute approximate surface area is 81.9 Å². The third kappa shape index (κ3) is 3.14. The molecule has 1 heterocycles. The van der Waals surface area contributed by atoms with Crippen molar-refractivity contribution >= 4 is 11.6 Å². The second kappa shape index (κ2) is 5.34. The second-order valence-electron chi connectivity index (χ2n) is 2.89. The van der Waals surface area contributed by atoms with E-state index in [-0.39, 0.29) is 24.4 Å². The van der Waals surface area contributed by atoms with Crippen molar-refractivity contribution < 1.29 is 18.7 Å². The van der Waals surface area contributed by atoms with Crippen LogP contribution in [0.15, 0.2) is 23.0 Å². The van der Waals surface area contributed by atoms with Gasteiger partial charge in [0.25, 0.3) is 0 Å². The molecule has 0 amide bonds. The molecule has 0 fully saturated rings. The average molecular weight is 196 g/mol. The molecule has 0 aliphatic heterocycles. The number of hydrogen-bond acceptors (Lipinski definition) is 4. The topological polar surface area (TPSA) is 56.5 Å². The summed E-state index contributed by atoms with van der Waals surface area (Å²) >= 11 is 0. The first-order valence-corrected chi connectivity index (χ1v) is 4.30. The summed E-state index contributed by atoms with van der Waals surface area (Å²) in [7, 11) is 1.52. The lowest BCUT2D eigenvalue weighted by atomic mass is 10.1. The van der Waals surface area contributed by atoms with E-state index in [1.54, 1.807) is 6.07 Å². The van der Waals surface area contributed by atoms with Crippen LogP contribution in [0.1, 0.15) is 23.2 Å². The number of furan rings is 1. The summed E-state index contributed by atoms with van der Waals surface area (Å²) in [5, 5.41) is 0. The highest BCUT2D eigenvalue weighted by molar-refractivity contribution is 6.07. The first kappa shape index (κ1) is 10.7. The predicted molar refractivity (Wildman–Crippen MR) is 49.2 cm³/mol. The standard InChI is InChI=1S/C10H12O4/c1-13-4-3-9(11)6-10(12)8-2-5-14-7-8/h2,5,7H,3-4,6H2,1H3. The molecule has 0 unspecified atom stereocenters. The molecule has 4 nitrogen and oxygen atoms in total. The van der Waals surface area contributed by atoms with Crippen molar-refractivity contribution in [2.45, 2.75) is 12.8 Å². The maximum absolute atomic E-state index is 11.4. The van der Waals surface area contributed by atoms with Crippen LogP contribution < -0.4 is 0 Å². The lowest BCUT2D eigenvalue weighted by Crippen LogP contribution is -2.09. The van der Waals surface area contributed by atoms with E-state index in [9.17, 15) is 9.59 Å². The Morgan fingerprint density at radius 1 is 1.50 bits per heavy atom. The quantitative estimate of drug-likeness (QED) is 0.510. The molecule has 14 heavy (non-hydrogen) atoms. The fourth-order valence-electron chi connectivity index (χ4n) is 1.01. The van der Waals surface area contributed by atoms with Gasteiger partial charge in [0.05, 0.1) is 24.9 Å². The fourth-order valence-corrected chi connectivity index (χ4v) is 1.01. The van der Waals surface area contributed by atoms with Gasteiger partial charge in [-0.3, -0.25) is 9.59 Å². The smallest absolute Gasteiger partial charge is 0.173 e. The molecular formula is C10H12O4. The number of carbonyl (C=O) groups is 2. The summed E-state index contributed by atoms with van der Waals surface area (Å²) in [5.74, 6) is -0.321. The van der Waals surface area contributed by atoms with Gasteiger partial charge in [0, 0.05) is 13.5 Å². The van der Waals surface area contributed by atoms with E-state index in [1.165, 1.54) is 19.6 Å². The molecule has 0 N–H and O–H groups in total. The Morgan fingerprint density at radius 2 is 2.29 bits per heavy atom. The first-order valence-electron chi connectivity index (χ1n) is 4.30. The fraction of sp³-hybridized carbons (Fsp3) is 0.400. The molecule has 4 heteroatoms. The molecule has 0 aliphatic rings. The summed E-state index contributed by atoms with van der Waals surface area (Å²) in [5.41, 5.74) is 0.441.